The van der Waals surface area contributed by atoms with Gasteiger partial charge in [-0.25, -0.2) is 0 Å². The topological polar surface area (TPSA) is 49.7 Å². The first-order valence-electron chi connectivity index (χ1n) is 23.1. The van der Waals surface area contributed by atoms with E-state index in [9.17, 15) is 10.2 Å². The van der Waals surface area contributed by atoms with Gasteiger partial charge in [0.1, 0.15) is 0 Å². The summed E-state index contributed by atoms with van der Waals surface area (Å²) in [5, 5.41) is 20.6. The Morgan fingerprint density at radius 2 is 0.569 bits per heavy atom. The summed E-state index contributed by atoms with van der Waals surface area (Å²) in [6, 6.07) is 0. The highest BCUT2D eigenvalue weighted by Crippen LogP contribution is 2.26. The molecule has 0 aromatic heterocycles. The van der Waals surface area contributed by atoms with Gasteiger partial charge in [0.2, 0.25) is 0 Å². The molecule has 0 aliphatic rings. The fourth-order valence-corrected chi connectivity index (χ4v) is 8.43. The minimum atomic E-state index is -0.441. The lowest BCUT2D eigenvalue weighted by Crippen LogP contribution is -2.31. The Balaban J connectivity index is 4.12. The highest BCUT2D eigenvalue weighted by molar-refractivity contribution is 6.20. The molecule has 0 aliphatic heterocycles. The minimum Gasteiger partial charge on any atom is -0.393 e. The van der Waals surface area contributed by atoms with Gasteiger partial charge in [0.05, 0.1) is 24.4 Å². The Bertz CT molecular complexity index is 606. The van der Waals surface area contributed by atoms with Crippen LogP contribution >= 0.6 is 23.2 Å². The van der Waals surface area contributed by atoms with Crippen LogP contribution in [0.15, 0.2) is 0 Å². The van der Waals surface area contributed by atoms with Gasteiger partial charge in [-0.15, -0.1) is 23.2 Å². The first kappa shape index (κ1) is 51.5. The predicted molar refractivity (Wildman–Crippen MR) is 229 cm³/mol. The van der Waals surface area contributed by atoms with Gasteiger partial charge in [0, 0.05) is 10.8 Å². The molecule has 0 fully saturated rings. The number of rotatable bonds is 42. The van der Waals surface area contributed by atoms with Crippen LogP contribution in [0.5, 0.6) is 0 Å². The van der Waals surface area contributed by atoms with Crippen LogP contribution < -0.4 is 0 Å². The third-order valence-electron chi connectivity index (χ3n) is 10.9. The van der Waals surface area contributed by atoms with E-state index in [2.05, 4.69) is 13.8 Å². The average Bonchev–Trinajstić information content (AvgIpc) is 3.07. The number of aliphatic hydroxyl groups is 2. The van der Waals surface area contributed by atoms with E-state index in [1.807, 2.05) is 13.8 Å². The Morgan fingerprint density at radius 3 is 0.784 bits per heavy atom. The second-order valence-corrected chi connectivity index (χ2v) is 17.9. The summed E-state index contributed by atoms with van der Waals surface area (Å²) in [5.41, 5.74) is 0. The van der Waals surface area contributed by atoms with Crippen LogP contribution in [0.3, 0.4) is 0 Å². The summed E-state index contributed by atoms with van der Waals surface area (Å²) < 4.78 is 6.58. The monoisotopic (exact) mass is 763 g/mol. The first-order chi connectivity index (χ1) is 24.8. The lowest BCUT2D eigenvalue weighted by molar-refractivity contribution is -0.0574. The van der Waals surface area contributed by atoms with E-state index in [0.717, 1.165) is 38.5 Å². The molecule has 0 heterocycles. The van der Waals surface area contributed by atoms with Crippen molar-refractivity contribution in [2.45, 2.75) is 294 Å². The average molecular weight is 764 g/mol. The highest BCUT2D eigenvalue weighted by Gasteiger charge is 2.24. The predicted octanol–water partition coefficient (Wildman–Crippen LogP) is 15.8. The number of alkyl halides is 2. The molecule has 0 rings (SSSR count). The maximum atomic E-state index is 10.2. The third kappa shape index (κ3) is 40.0. The van der Waals surface area contributed by atoms with Crippen LogP contribution in [0.2, 0.25) is 0 Å². The number of unbranched alkanes of at least 4 members (excludes halogenated alkanes) is 28. The van der Waals surface area contributed by atoms with Gasteiger partial charge in [0.15, 0.2) is 0 Å². The van der Waals surface area contributed by atoms with Crippen molar-refractivity contribution in [2.24, 2.45) is 0 Å². The quantitative estimate of drug-likeness (QED) is 0.0481. The van der Waals surface area contributed by atoms with Crippen molar-refractivity contribution in [1.29, 1.82) is 0 Å². The summed E-state index contributed by atoms with van der Waals surface area (Å²) in [6.45, 7) is 8.24. The van der Waals surface area contributed by atoms with E-state index in [-0.39, 0.29) is 23.0 Å². The van der Waals surface area contributed by atoms with Gasteiger partial charge in [0.25, 0.3) is 0 Å². The maximum Gasteiger partial charge on any atom is 0.0617 e. The molecule has 3 nitrogen and oxygen atoms in total. The third-order valence-corrected chi connectivity index (χ3v) is 11.7. The number of ether oxygens (including phenoxy) is 1. The van der Waals surface area contributed by atoms with Crippen molar-refractivity contribution in [3.05, 3.63) is 0 Å². The normalized spacial score (nSPS) is 15.5. The van der Waals surface area contributed by atoms with Crippen molar-refractivity contribution in [1.82, 2.24) is 0 Å². The number of hydrogen-bond donors (Lipinski definition) is 2. The first-order valence-corrected chi connectivity index (χ1v) is 23.9. The van der Waals surface area contributed by atoms with Crippen molar-refractivity contribution < 1.29 is 14.9 Å². The van der Waals surface area contributed by atoms with E-state index in [1.54, 1.807) is 0 Å². The Hall–Kier alpha value is 0.460. The highest BCUT2D eigenvalue weighted by atomic mass is 35.5. The molecule has 6 unspecified atom stereocenters. The fourth-order valence-electron chi connectivity index (χ4n) is 7.73. The molecule has 0 aromatic rings. The van der Waals surface area contributed by atoms with Crippen LogP contribution in [0.1, 0.15) is 259 Å². The van der Waals surface area contributed by atoms with Crippen LogP contribution in [0, 0.1) is 0 Å². The molecule has 2 N–H and O–H groups in total. The standard InChI is InChI=1S/C46H92Cl2O3/c1-5-7-9-11-13-15-17-19-21-23-25-27-29-31-33-35-43(47)39-45(37-41(3)49)51-46(38-42(4)50)40-44(48)36-34-32-30-28-26-24-22-20-18-16-14-12-10-8-6-2/h41-46,49-50H,5-40H2,1-4H3. The van der Waals surface area contributed by atoms with E-state index in [4.69, 9.17) is 27.9 Å². The largest absolute Gasteiger partial charge is 0.393 e. The number of halogens is 2. The molecule has 0 radical (unpaired) electrons. The number of aliphatic hydroxyl groups excluding tert-OH is 2. The van der Waals surface area contributed by atoms with Crippen LogP contribution in [0.25, 0.3) is 0 Å². The Labute approximate surface area is 330 Å². The van der Waals surface area contributed by atoms with E-state index in [0.29, 0.717) is 12.8 Å². The summed E-state index contributed by atoms with van der Waals surface area (Å²) in [7, 11) is 0. The van der Waals surface area contributed by atoms with Gasteiger partial charge >= 0.3 is 0 Å². The second-order valence-electron chi connectivity index (χ2n) is 16.7. The van der Waals surface area contributed by atoms with Gasteiger partial charge in [-0.1, -0.05) is 206 Å². The molecule has 51 heavy (non-hydrogen) atoms. The molecule has 0 bridgehead atoms. The summed E-state index contributed by atoms with van der Waals surface area (Å²) in [4.78, 5) is 0. The van der Waals surface area contributed by atoms with Crippen molar-refractivity contribution in [3.8, 4) is 0 Å². The van der Waals surface area contributed by atoms with Gasteiger partial charge in [-0.05, 0) is 52.4 Å². The molecule has 0 saturated carbocycles. The molecule has 0 saturated heterocycles. The second kappa shape index (κ2) is 40.1. The van der Waals surface area contributed by atoms with Crippen LogP contribution in [-0.2, 0) is 4.74 Å². The number of hydrogen-bond acceptors (Lipinski definition) is 3. The molecule has 5 heteroatoms. The molecular formula is C46H92Cl2O3. The molecule has 308 valence electrons. The van der Waals surface area contributed by atoms with Gasteiger partial charge < -0.3 is 14.9 Å². The van der Waals surface area contributed by atoms with E-state index < -0.39 is 12.2 Å². The fraction of sp³-hybridized carbons (Fsp3) is 1.00. The van der Waals surface area contributed by atoms with E-state index >= 15 is 0 Å². The zero-order chi connectivity index (χ0) is 37.6. The zero-order valence-electron chi connectivity index (χ0n) is 35.0. The Morgan fingerprint density at radius 1 is 0.353 bits per heavy atom. The molecule has 6 atom stereocenters. The molecular weight excluding hydrogens is 671 g/mol. The Kier molecular flexibility index (Phi) is 40.5. The molecule has 0 spiro atoms. The van der Waals surface area contributed by atoms with Gasteiger partial charge in [-0.2, -0.15) is 0 Å². The summed E-state index contributed by atoms with van der Waals surface area (Å²) in [5.74, 6) is 0. The molecule has 0 amide bonds. The van der Waals surface area contributed by atoms with Crippen molar-refractivity contribution in [2.75, 3.05) is 0 Å². The molecule has 0 aliphatic carbocycles. The van der Waals surface area contributed by atoms with E-state index in [1.165, 1.54) is 180 Å². The van der Waals surface area contributed by atoms with Gasteiger partial charge in [-0.3, -0.25) is 0 Å². The minimum absolute atomic E-state index is 0.0510. The zero-order valence-corrected chi connectivity index (χ0v) is 36.5. The molecule has 0 aromatic carbocycles. The maximum absolute atomic E-state index is 10.2. The summed E-state index contributed by atoms with van der Waals surface area (Å²) >= 11 is 13.7. The smallest absolute Gasteiger partial charge is 0.0617 e. The lowest BCUT2D eigenvalue weighted by atomic mass is 10.00. The van der Waals surface area contributed by atoms with Crippen molar-refractivity contribution in [3.63, 3.8) is 0 Å². The lowest BCUT2D eigenvalue weighted by Gasteiger charge is -2.29. The van der Waals surface area contributed by atoms with Crippen LogP contribution in [0.4, 0.5) is 0 Å². The van der Waals surface area contributed by atoms with Crippen LogP contribution in [-0.4, -0.2) is 45.4 Å². The SMILES string of the molecule is CCCCCCCCCCCCCCCCCC(Cl)CC(CC(C)O)OC(CC(C)O)CC(Cl)CCCCCCCCCCCCCCCCC. The summed E-state index contributed by atoms with van der Waals surface area (Å²) in [6.07, 6.45) is 44.6. The van der Waals surface area contributed by atoms with Crippen molar-refractivity contribution >= 4 is 23.2 Å².